The second-order valence-corrected chi connectivity index (χ2v) is 14.2. The van der Waals surface area contributed by atoms with Crippen molar-refractivity contribution in [2.24, 2.45) is 5.41 Å². The number of alkyl halides is 3. The number of amides is 1. The monoisotopic (exact) mass is 647 g/mol. The zero-order valence-corrected chi connectivity index (χ0v) is 25.9. The Kier molecular flexibility index (Phi) is 7.94. The Morgan fingerprint density at radius 3 is 2.60 bits per heavy atom. The van der Waals surface area contributed by atoms with Gasteiger partial charge in [0.2, 0.25) is 5.88 Å². The van der Waals surface area contributed by atoms with Crippen LogP contribution in [0.4, 0.5) is 24.8 Å². The maximum absolute atomic E-state index is 13.7. The van der Waals surface area contributed by atoms with Crippen LogP contribution in [0.25, 0.3) is 5.82 Å². The second-order valence-electron chi connectivity index (χ2n) is 12.6. The van der Waals surface area contributed by atoms with Crippen molar-refractivity contribution in [3.8, 4) is 11.7 Å². The molecule has 1 aliphatic carbocycles. The summed E-state index contributed by atoms with van der Waals surface area (Å²) in [6.07, 6.45) is 1.67. The lowest BCUT2D eigenvalue weighted by Gasteiger charge is -2.38. The summed E-state index contributed by atoms with van der Waals surface area (Å²) in [6.45, 7) is 4.62. The Morgan fingerprint density at radius 2 is 1.84 bits per heavy atom. The first-order valence-electron chi connectivity index (χ1n) is 15.1. The van der Waals surface area contributed by atoms with Crippen LogP contribution in [0, 0.1) is 5.41 Å². The summed E-state index contributed by atoms with van der Waals surface area (Å²) in [4.78, 5) is 24.8. The largest absolute Gasteiger partial charge is 0.477 e. The quantitative estimate of drug-likeness (QED) is 0.382. The minimum Gasteiger partial charge on any atom is -0.477 e. The number of hydrogen-bond donors (Lipinski definition) is 2. The zero-order chi connectivity index (χ0) is 32.0. The molecule has 5 heterocycles. The number of nitrogens with one attached hydrogen (secondary N) is 2. The van der Waals surface area contributed by atoms with Crippen molar-refractivity contribution in [2.75, 3.05) is 23.4 Å². The van der Waals surface area contributed by atoms with Crippen LogP contribution >= 0.6 is 0 Å². The van der Waals surface area contributed by atoms with Gasteiger partial charge in [0.15, 0.2) is 10.8 Å². The maximum atomic E-state index is 13.7. The van der Waals surface area contributed by atoms with Gasteiger partial charge in [-0.15, -0.1) is 5.10 Å². The molecule has 1 saturated heterocycles. The molecule has 242 valence electrons. The van der Waals surface area contributed by atoms with Crippen LogP contribution in [0.1, 0.15) is 75.6 Å². The molecule has 3 aliphatic rings. The third-order valence-electron chi connectivity index (χ3n) is 9.02. The molecule has 1 atom stereocenters. The summed E-state index contributed by atoms with van der Waals surface area (Å²) in [6, 6.07) is 9.22. The van der Waals surface area contributed by atoms with Crippen LogP contribution in [0.5, 0.6) is 5.88 Å². The molecule has 1 amide bonds. The molecule has 3 aromatic heterocycles. The van der Waals surface area contributed by atoms with Crippen molar-refractivity contribution in [2.45, 2.75) is 88.0 Å². The first-order valence-corrected chi connectivity index (χ1v) is 16.6. The number of sulfonamides is 1. The third kappa shape index (κ3) is 6.31. The summed E-state index contributed by atoms with van der Waals surface area (Å²) in [7, 11) is -4.31. The molecule has 1 saturated carbocycles. The standard InChI is InChI=1S/C30H36F3N7O4S/c1-28(2)13-11-20-6-3-4-17-34-22-7-5-8-25(35-22)45(42,43)38-27(41)21-9-10-23(36-26(21)40(20)28)39-18-12-24(37-39)44-19-16-29(14-15-29)30(31,32)33/h5,7-10,12,18,20H,3-4,6,11,13-17,19H2,1-2H3,(H,34,35)(H,38,41)/t20-/m0/s1. The normalized spacial score (nSPS) is 22.2. The number of hydrogen-bond acceptors (Lipinski definition) is 9. The van der Waals surface area contributed by atoms with E-state index in [0.29, 0.717) is 24.0 Å². The Bertz CT molecular complexity index is 1690. The van der Waals surface area contributed by atoms with Crippen molar-refractivity contribution in [3.63, 3.8) is 0 Å². The maximum Gasteiger partial charge on any atom is 0.394 e. The predicted octanol–water partition coefficient (Wildman–Crippen LogP) is 5.24. The van der Waals surface area contributed by atoms with Crippen LogP contribution in [-0.2, 0) is 10.0 Å². The molecule has 11 nitrogen and oxygen atoms in total. The zero-order valence-electron chi connectivity index (χ0n) is 25.1. The fraction of sp³-hybridized carbons (Fsp3) is 0.533. The van der Waals surface area contributed by atoms with E-state index in [1.54, 1.807) is 30.5 Å². The summed E-state index contributed by atoms with van der Waals surface area (Å²) >= 11 is 0. The molecule has 3 aromatic rings. The molecule has 45 heavy (non-hydrogen) atoms. The molecule has 2 bridgehead atoms. The topological polar surface area (TPSA) is 131 Å². The molecular weight excluding hydrogens is 611 g/mol. The van der Waals surface area contributed by atoms with E-state index in [-0.39, 0.29) is 53.9 Å². The van der Waals surface area contributed by atoms with E-state index in [2.05, 4.69) is 38.9 Å². The smallest absolute Gasteiger partial charge is 0.394 e. The van der Waals surface area contributed by atoms with Gasteiger partial charge in [-0.25, -0.2) is 19.4 Å². The predicted molar refractivity (Wildman–Crippen MR) is 160 cm³/mol. The van der Waals surface area contributed by atoms with Crippen LogP contribution < -0.4 is 19.7 Å². The Hall–Kier alpha value is -3.88. The number of aromatic nitrogens is 4. The van der Waals surface area contributed by atoms with E-state index < -0.39 is 27.5 Å². The Balaban J connectivity index is 1.32. The summed E-state index contributed by atoms with van der Waals surface area (Å²) in [5.74, 6) is 0.374. The number of halogens is 3. The highest BCUT2D eigenvalue weighted by Crippen LogP contribution is 2.59. The SMILES string of the molecule is CC1(C)CC[C@@H]2CCCCNc3cccc(n3)S(=O)(=O)NC(=O)c3ccc(-n4ccc(OCCC5(C(F)(F)F)CC5)n4)nc3N21. The molecule has 2 N–H and O–H groups in total. The molecule has 15 heteroatoms. The number of anilines is 2. The third-order valence-corrected chi connectivity index (χ3v) is 10.3. The van der Waals surface area contributed by atoms with Gasteiger partial charge in [0.1, 0.15) is 11.6 Å². The van der Waals surface area contributed by atoms with Crippen LogP contribution in [0.15, 0.2) is 47.6 Å². The average Bonchev–Trinajstić information content (AvgIpc) is 3.53. The molecule has 2 aliphatic heterocycles. The lowest BCUT2D eigenvalue weighted by atomic mass is 10.0. The van der Waals surface area contributed by atoms with Crippen molar-refractivity contribution in [3.05, 3.63) is 48.2 Å². The average molecular weight is 648 g/mol. The van der Waals surface area contributed by atoms with Gasteiger partial charge < -0.3 is 15.0 Å². The van der Waals surface area contributed by atoms with E-state index in [4.69, 9.17) is 9.72 Å². The van der Waals surface area contributed by atoms with Gasteiger partial charge in [-0.05, 0) is 89.5 Å². The van der Waals surface area contributed by atoms with E-state index in [1.807, 2.05) is 0 Å². The van der Waals surface area contributed by atoms with Gasteiger partial charge in [0.25, 0.3) is 15.9 Å². The van der Waals surface area contributed by atoms with Gasteiger partial charge >= 0.3 is 6.18 Å². The number of fused-ring (bicyclic) bond motifs is 5. The first-order chi connectivity index (χ1) is 21.3. The fourth-order valence-corrected chi connectivity index (χ4v) is 7.16. The van der Waals surface area contributed by atoms with Gasteiger partial charge in [0.05, 0.1) is 17.6 Å². The molecule has 0 radical (unpaired) electrons. The van der Waals surface area contributed by atoms with Gasteiger partial charge in [0, 0.05) is 30.4 Å². The Morgan fingerprint density at radius 1 is 1.04 bits per heavy atom. The van der Waals surface area contributed by atoms with Crippen molar-refractivity contribution >= 4 is 27.6 Å². The molecular formula is C30H36F3N7O4S. The van der Waals surface area contributed by atoms with Crippen molar-refractivity contribution in [1.29, 1.82) is 0 Å². The lowest BCUT2D eigenvalue weighted by Crippen LogP contribution is -2.45. The second kappa shape index (κ2) is 11.5. The molecule has 6 rings (SSSR count). The highest BCUT2D eigenvalue weighted by molar-refractivity contribution is 7.90. The fourth-order valence-electron chi connectivity index (χ4n) is 6.23. The molecule has 0 unspecified atom stereocenters. The van der Waals surface area contributed by atoms with E-state index >= 15 is 0 Å². The number of carbonyl (C=O) groups is 1. The van der Waals surface area contributed by atoms with Gasteiger partial charge in [-0.3, -0.25) is 4.79 Å². The molecule has 2 fully saturated rings. The van der Waals surface area contributed by atoms with Crippen LogP contribution in [-0.4, -0.2) is 65.0 Å². The number of pyridine rings is 2. The van der Waals surface area contributed by atoms with Crippen LogP contribution in [0.2, 0.25) is 0 Å². The van der Waals surface area contributed by atoms with Gasteiger partial charge in [-0.2, -0.15) is 21.6 Å². The summed E-state index contributed by atoms with van der Waals surface area (Å²) < 4.78 is 75.5. The number of carbonyl (C=O) groups excluding carboxylic acids is 1. The minimum atomic E-state index is -4.31. The number of ether oxygens (including phenoxy) is 1. The van der Waals surface area contributed by atoms with Crippen LogP contribution in [0.3, 0.4) is 0 Å². The molecule has 0 aromatic carbocycles. The van der Waals surface area contributed by atoms with E-state index in [9.17, 15) is 26.4 Å². The summed E-state index contributed by atoms with van der Waals surface area (Å²) in [5, 5.41) is 7.25. The van der Waals surface area contributed by atoms with Crippen molar-refractivity contribution < 1.29 is 31.1 Å². The summed E-state index contributed by atoms with van der Waals surface area (Å²) in [5.41, 5.74) is -1.97. The first kappa shape index (κ1) is 31.1. The van der Waals surface area contributed by atoms with E-state index in [1.165, 1.54) is 16.8 Å². The molecule has 0 spiro atoms. The minimum absolute atomic E-state index is 0.0510. The van der Waals surface area contributed by atoms with Crippen molar-refractivity contribution in [1.82, 2.24) is 24.5 Å². The lowest BCUT2D eigenvalue weighted by molar-refractivity contribution is -0.190. The van der Waals surface area contributed by atoms with E-state index in [0.717, 1.165) is 32.1 Å². The Labute approximate surface area is 259 Å². The number of nitrogens with zero attached hydrogens (tertiary/aromatic N) is 5. The van der Waals surface area contributed by atoms with Gasteiger partial charge in [-0.1, -0.05) is 6.07 Å². The highest BCUT2D eigenvalue weighted by Gasteiger charge is 2.62. The number of rotatable bonds is 5. The highest BCUT2D eigenvalue weighted by atomic mass is 32.2.